The normalized spacial score (nSPS) is 12.6. The van der Waals surface area contributed by atoms with E-state index < -0.39 is 0 Å². The third-order valence-electron chi connectivity index (χ3n) is 2.92. The highest BCUT2D eigenvalue weighted by atomic mass is 79.9. The minimum Gasteiger partial charge on any atom is -0.271 e. The highest BCUT2D eigenvalue weighted by molar-refractivity contribution is 9.10. The van der Waals surface area contributed by atoms with Gasteiger partial charge in [-0.1, -0.05) is 13.0 Å². The average Bonchev–Trinajstić information content (AvgIpc) is 2.83. The number of rotatable bonds is 5. The SMILES string of the molecule is CCCn1nccc1C(NN)c1ccc(Br)c(F)c1. The zero-order valence-corrected chi connectivity index (χ0v) is 12.2. The number of hydrogen-bond donors (Lipinski definition) is 2. The molecule has 0 aliphatic carbocycles. The van der Waals surface area contributed by atoms with Gasteiger partial charge in [0.15, 0.2) is 0 Å². The van der Waals surface area contributed by atoms with E-state index in [1.807, 2.05) is 16.8 Å². The Balaban J connectivity index is 2.38. The van der Waals surface area contributed by atoms with Gasteiger partial charge in [-0.25, -0.2) is 9.82 Å². The summed E-state index contributed by atoms with van der Waals surface area (Å²) in [6.07, 6.45) is 2.70. The first-order chi connectivity index (χ1) is 9.17. The number of benzene rings is 1. The molecule has 19 heavy (non-hydrogen) atoms. The first kappa shape index (κ1) is 14.2. The maximum Gasteiger partial charge on any atom is 0.137 e. The summed E-state index contributed by atoms with van der Waals surface area (Å²) >= 11 is 3.14. The quantitative estimate of drug-likeness (QED) is 0.656. The Hall–Kier alpha value is -1.24. The average molecular weight is 327 g/mol. The number of aryl methyl sites for hydroxylation is 1. The highest BCUT2D eigenvalue weighted by Crippen LogP contribution is 2.25. The number of nitrogens with one attached hydrogen (secondary N) is 1. The second-order valence-corrected chi connectivity index (χ2v) is 5.11. The highest BCUT2D eigenvalue weighted by Gasteiger charge is 2.17. The van der Waals surface area contributed by atoms with Crippen molar-refractivity contribution in [2.45, 2.75) is 25.9 Å². The topological polar surface area (TPSA) is 55.9 Å². The molecule has 1 unspecified atom stereocenters. The van der Waals surface area contributed by atoms with E-state index in [9.17, 15) is 4.39 Å². The van der Waals surface area contributed by atoms with Crippen molar-refractivity contribution in [3.05, 3.63) is 52.0 Å². The fraction of sp³-hybridized carbons (Fsp3) is 0.308. The van der Waals surface area contributed by atoms with Crippen LogP contribution in [0.3, 0.4) is 0 Å². The molecule has 2 rings (SSSR count). The van der Waals surface area contributed by atoms with Gasteiger partial charge in [0.1, 0.15) is 5.82 Å². The van der Waals surface area contributed by atoms with Gasteiger partial charge < -0.3 is 0 Å². The van der Waals surface area contributed by atoms with Crippen LogP contribution in [0, 0.1) is 5.82 Å². The molecule has 1 aromatic heterocycles. The molecular weight excluding hydrogens is 311 g/mol. The second kappa shape index (κ2) is 6.27. The lowest BCUT2D eigenvalue weighted by Crippen LogP contribution is -2.30. The van der Waals surface area contributed by atoms with Crippen LogP contribution in [0.1, 0.15) is 30.6 Å². The van der Waals surface area contributed by atoms with Crippen LogP contribution in [-0.2, 0) is 6.54 Å². The van der Waals surface area contributed by atoms with Gasteiger partial charge in [-0.3, -0.25) is 10.5 Å². The van der Waals surface area contributed by atoms with E-state index in [-0.39, 0.29) is 11.9 Å². The molecular formula is C13H16BrFN4. The number of nitrogens with zero attached hydrogens (tertiary/aromatic N) is 2. The summed E-state index contributed by atoms with van der Waals surface area (Å²) in [6, 6.07) is 6.59. The maximum absolute atomic E-state index is 13.6. The van der Waals surface area contributed by atoms with E-state index in [1.54, 1.807) is 12.3 Å². The van der Waals surface area contributed by atoms with Crippen molar-refractivity contribution in [1.29, 1.82) is 0 Å². The maximum atomic E-state index is 13.6. The van der Waals surface area contributed by atoms with Crippen molar-refractivity contribution in [3.8, 4) is 0 Å². The van der Waals surface area contributed by atoms with Gasteiger partial charge in [0.05, 0.1) is 16.2 Å². The van der Waals surface area contributed by atoms with Crippen LogP contribution < -0.4 is 11.3 Å². The smallest absolute Gasteiger partial charge is 0.137 e. The van der Waals surface area contributed by atoms with Crippen LogP contribution in [0.4, 0.5) is 4.39 Å². The third kappa shape index (κ3) is 3.02. The largest absolute Gasteiger partial charge is 0.271 e. The van der Waals surface area contributed by atoms with Gasteiger partial charge in [-0.15, -0.1) is 0 Å². The fourth-order valence-electron chi connectivity index (χ4n) is 2.03. The number of halogens is 2. The minimum absolute atomic E-state index is 0.281. The molecule has 0 bridgehead atoms. The first-order valence-electron chi connectivity index (χ1n) is 6.10. The Morgan fingerprint density at radius 2 is 2.26 bits per heavy atom. The van der Waals surface area contributed by atoms with Crippen molar-refractivity contribution in [1.82, 2.24) is 15.2 Å². The molecule has 3 N–H and O–H groups in total. The van der Waals surface area contributed by atoms with Gasteiger partial charge in [0.2, 0.25) is 0 Å². The van der Waals surface area contributed by atoms with Crippen LogP contribution in [0.25, 0.3) is 0 Å². The Kier molecular flexibility index (Phi) is 4.68. The molecule has 0 saturated heterocycles. The summed E-state index contributed by atoms with van der Waals surface area (Å²) in [5.74, 6) is 5.32. The van der Waals surface area contributed by atoms with Crippen LogP contribution in [0.2, 0.25) is 0 Å². The molecule has 2 aromatic rings. The fourth-order valence-corrected chi connectivity index (χ4v) is 2.28. The molecule has 0 aliphatic rings. The molecule has 1 atom stereocenters. The molecule has 0 amide bonds. The molecule has 0 aliphatic heterocycles. The summed E-state index contributed by atoms with van der Waals surface area (Å²) in [5.41, 5.74) is 4.41. The van der Waals surface area contributed by atoms with Crippen LogP contribution in [0.15, 0.2) is 34.9 Å². The zero-order chi connectivity index (χ0) is 13.8. The van der Waals surface area contributed by atoms with E-state index in [4.69, 9.17) is 5.84 Å². The molecule has 1 heterocycles. The molecule has 4 nitrogen and oxygen atoms in total. The van der Waals surface area contributed by atoms with Gasteiger partial charge in [-0.2, -0.15) is 5.10 Å². The lowest BCUT2D eigenvalue weighted by atomic mass is 10.0. The van der Waals surface area contributed by atoms with Crippen molar-refractivity contribution in [2.24, 2.45) is 5.84 Å². The van der Waals surface area contributed by atoms with Gasteiger partial charge in [0, 0.05) is 12.7 Å². The van der Waals surface area contributed by atoms with E-state index in [0.717, 1.165) is 24.2 Å². The van der Waals surface area contributed by atoms with Gasteiger partial charge in [-0.05, 0) is 46.1 Å². The molecule has 6 heteroatoms. The lowest BCUT2D eigenvalue weighted by Gasteiger charge is -2.18. The third-order valence-corrected chi connectivity index (χ3v) is 3.57. The number of hydrogen-bond acceptors (Lipinski definition) is 3. The standard InChI is InChI=1S/C13H16BrFN4/c1-2-7-19-12(5-6-17-19)13(18-16)9-3-4-10(14)11(15)8-9/h3-6,8,13,18H,2,7,16H2,1H3. The van der Waals surface area contributed by atoms with E-state index in [0.29, 0.717) is 4.47 Å². The number of nitrogens with two attached hydrogens (primary N) is 1. The molecule has 102 valence electrons. The van der Waals surface area contributed by atoms with Gasteiger partial charge in [0.25, 0.3) is 0 Å². The molecule has 0 saturated carbocycles. The predicted molar refractivity (Wildman–Crippen MR) is 75.8 cm³/mol. The molecule has 1 aromatic carbocycles. The lowest BCUT2D eigenvalue weighted by molar-refractivity contribution is 0.518. The Labute approximate surface area is 119 Å². The number of aromatic nitrogens is 2. The number of hydrazine groups is 1. The molecule has 0 radical (unpaired) electrons. The zero-order valence-electron chi connectivity index (χ0n) is 10.6. The van der Waals surface area contributed by atoms with E-state index >= 15 is 0 Å². The van der Waals surface area contributed by atoms with Crippen LogP contribution in [0.5, 0.6) is 0 Å². The van der Waals surface area contributed by atoms with E-state index in [1.165, 1.54) is 6.07 Å². The Morgan fingerprint density at radius 1 is 1.47 bits per heavy atom. The molecule has 0 spiro atoms. The van der Waals surface area contributed by atoms with Crippen molar-refractivity contribution < 1.29 is 4.39 Å². The summed E-state index contributed by atoms with van der Waals surface area (Å²) in [6.45, 7) is 2.88. The summed E-state index contributed by atoms with van der Waals surface area (Å²) < 4.78 is 15.9. The van der Waals surface area contributed by atoms with Crippen LogP contribution >= 0.6 is 15.9 Å². The van der Waals surface area contributed by atoms with Gasteiger partial charge >= 0.3 is 0 Å². The monoisotopic (exact) mass is 326 g/mol. The second-order valence-electron chi connectivity index (χ2n) is 4.25. The van der Waals surface area contributed by atoms with Crippen LogP contribution in [-0.4, -0.2) is 9.78 Å². The Morgan fingerprint density at radius 3 is 2.89 bits per heavy atom. The summed E-state index contributed by atoms with van der Waals surface area (Å²) in [5, 5.41) is 4.26. The van der Waals surface area contributed by atoms with Crippen molar-refractivity contribution in [3.63, 3.8) is 0 Å². The predicted octanol–water partition coefficient (Wildman–Crippen LogP) is 2.75. The Bertz CT molecular complexity index is 555. The first-order valence-corrected chi connectivity index (χ1v) is 6.89. The minimum atomic E-state index is -0.306. The van der Waals surface area contributed by atoms with Crippen molar-refractivity contribution in [2.75, 3.05) is 0 Å². The molecule has 0 fully saturated rings. The summed E-state index contributed by atoms with van der Waals surface area (Å²) in [4.78, 5) is 0. The summed E-state index contributed by atoms with van der Waals surface area (Å²) in [7, 11) is 0. The van der Waals surface area contributed by atoms with E-state index in [2.05, 4.69) is 33.4 Å². The van der Waals surface area contributed by atoms with Crippen molar-refractivity contribution >= 4 is 15.9 Å².